The average Bonchev–Trinajstić information content (AvgIpc) is 3.13. The summed E-state index contributed by atoms with van der Waals surface area (Å²) < 4.78 is 9.30. The number of thioether (sulfide) groups is 2. The fourth-order valence-electron chi connectivity index (χ4n) is 3.95. The molecule has 17 heteroatoms. The highest BCUT2D eigenvalue weighted by Crippen LogP contribution is 2.26. The number of nitrogens with one attached hydrogen (secondary N) is 1. The summed E-state index contributed by atoms with van der Waals surface area (Å²) >= 11 is 8.74. The van der Waals surface area contributed by atoms with Gasteiger partial charge in [0, 0.05) is 11.4 Å². The van der Waals surface area contributed by atoms with E-state index < -0.39 is 5.97 Å². The molecule has 0 aliphatic heterocycles. The smallest absolute Gasteiger partial charge is 0.337 e. The summed E-state index contributed by atoms with van der Waals surface area (Å²) in [5, 5.41) is 4.90. The molecule has 0 amide bonds. The highest BCUT2D eigenvalue weighted by Gasteiger charge is 2.12. The van der Waals surface area contributed by atoms with Gasteiger partial charge in [-0.25, -0.2) is 49.5 Å². The van der Waals surface area contributed by atoms with E-state index in [4.69, 9.17) is 22.1 Å². The van der Waals surface area contributed by atoms with Gasteiger partial charge in [-0.05, 0) is 61.8 Å². The maximum atomic E-state index is 11.7. The van der Waals surface area contributed by atoms with Crippen molar-refractivity contribution in [2.45, 2.75) is 24.2 Å². The number of carbonyl (C=O) groups is 2. The molecule has 6 aromatic rings. The van der Waals surface area contributed by atoms with Crippen molar-refractivity contribution in [1.82, 2.24) is 39.9 Å². The van der Waals surface area contributed by atoms with Crippen LogP contribution < -0.4 is 11.1 Å². The van der Waals surface area contributed by atoms with Gasteiger partial charge in [-0.2, -0.15) is 0 Å². The van der Waals surface area contributed by atoms with Crippen LogP contribution >= 0.6 is 35.1 Å². The average molecular weight is 719 g/mol. The Labute approximate surface area is 295 Å². The number of aromatic nitrogens is 8. The number of carbonyl (C=O) groups excluding carboxylic acids is 2. The van der Waals surface area contributed by atoms with Crippen molar-refractivity contribution in [1.29, 1.82) is 0 Å². The lowest BCUT2D eigenvalue weighted by Crippen LogP contribution is -2.04. The highest BCUT2D eigenvalue weighted by molar-refractivity contribution is 7.98. The first-order valence-electron chi connectivity index (χ1n) is 14.2. The third-order valence-corrected chi connectivity index (χ3v) is 8.04. The van der Waals surface area contributed by atoms with Crippen molar-refractivity contribution in [3.05, 3.63) is 88.9 Å². The minimum absolute atomic E-state index is 0.360. The second-order valence-corrected chi connectivity index (χ2v) is 11.7. The van der Waals surface area contributed by atoms with Crippen LogP contribution in [0.4, 0.5) is 17.2 Å². The van der Waals surface area contributed by atoms with Crippen LogP contribution in [0.3, 0.4) is 0 Å². The monoisotopic (exact) mass is 718 g/mol. The van der Waals surface area contributed by atoms with Crippen LogP contribution in [0, 0.1) is 13.8 Å². The zero-order valence-corrected chi connectivity index (χ0v) is 29.6. The molecule has 252 valence electrons. The largest absolute Gasteiger partial charge is 0.465 e. The number of ether oxygens (including phenoxy) is 2. The van der Waals surface area contributed by atoms with E-state index in [0.29, 0.717) is 60.2 Å². The summed E-state index contributed by atoms with van der Waals surface area (Å²) in [6.07, 6.45) is 9.96. The quantitative estimate of drug-likeness (QED) is 0.0655. The third-order valence-electron chi connectivity index (χ3n) is 6.64. The van der Waals surface area contributed by atoms with Gasteiger partial charge in [-0.15, -0.1) is 0 Å². The molecule has 0 atom stereocenters. The lowest BCUT2D eigenvalue weighted by Gasteiger charge is -2.11. The van der Waals surface area contributed by atoms with Crippen molar-refractivity contribution in [3.63, 3.8) is 0 Å². The molecular weight excluding hydrogens is 688 g/mol. The number of benzene rings is 2. The van der Waals surface area contributed by atoms with Crippen molar-refractivity contribution < 1.29 is 19.1 Å². The number of hydrogen-bond donors (Lipinski definition) is 2. The van der Waals surface area contributed by atoms with Crippen LogP contribution in [0.2, 0.25) is 5.15 Å². The molecule has 0 aliphatic rings. The Bertz CT molecular complexity index is 2120. The number of nitrogen functional groups attached to an aromatic ring is 1. The molecule has 6 rings (SSSR count). The van der Waals surface area contributed by atoms with Crippen LogP contribution in [0.25, 0.3) is 22.1 Å². The number of aryl methyl sites for hydroxylation is 2. The maximum Gasteiger partial charge on any atom is 0.337 e. The molecule has 0 unspecified atom stereocenters. The zero-order chi connectivity index (χ0) is 35.5. The molecule has 4 aromatic heterocycles. The SMILES string of the molecule is COC(=O)c1ccc(C)c(N)c1.COC(=O)c1ccc(C)c(Nc2ncnc3cnc(SC)nc23)c1.CSc1ncc2ncnc(Cl)c2n1. The number of hydrogen-bond acceptors (Lipinski definition) is 16. The summed E-state index contributed by atoms with van der Waals surface area (Å²) in [5.74, 6) is -0.192. The van der Waals surface area contributed by atoms with E-state index in [1.807, 2.05) is 32.4 Å². The fraction of sp³-hybridized carbons (Fsp3) is 0.188. The number of methoxy groups -OCH3 is 2. The van der Waals surface area contributed by atoms with Gasteiger partial charge in [0.1, 0.15) is 34.7 Å². The van der Waals surface area contributed by atoms with Crippen LogP contribution in [-0.4, -0.2) is 78.5 Å². The number of halogens is 1. The van der Waals surface area contributed by atoms with Crippen molar-refractivity contribution in [2.75, 3.05) is 37.8 Å². The topological polar surface area (TPSA) is 194 Å². The zero-order valence-electron chi connectivity index (χ0n) is 27.3. The predicted molar refractivity (Wildman–Crippen MR) is 192 cm³/mol. The van der Waals surface area contributed by atoms with E-state index in [1.165, 1.54) is 50.4 Å². The van der Waals surface area contributed by atoms with Gasteiger partial charge in [-0.3, -0.25) is 0 Å². The summed E-state index contributed by atoms with van der Waals surface area (Å²) in [6, 6.07) is 10.4. The number of nitrogens with two attached hydrogens (primary N) is 1. The first kappa shape index (κ1) is 36.6. The second-order valence-electron chi connectivity index (χ2n) is 9.78. The van der Waals surface area contributed by atoms with Crippen LogP contribution in [0.5, 0.6) is 0 Å². The van der Waals surface area contributed by atoms with E-state index in [-0.39, 0.29) is 5.97 Å². The minimum Gasteiger partial charge on any atom is -0.465 e. The van der Waals surface area contributed by atoms with Crippen molar-refractivity contribution in [2.24, 2.45) is 0 Å². The van der Waals surface area contributed by atoms with Gasteiger partial charge in [0.2, 0.25) is 0 Å². The molecular formula is C32H31ClN10O4S2. The Morgan fingerprint density at radius 2 is 1.27 bits per heavy atom. The second kappa shape index (κ2) is 17.3. The lowest BCUT2D eigenvalue weighted by atomic mass is 10.1. The Morgan fingerprint density at radius 3 is 1.84 bits per heavy atom. The Hall–Kier alpha value is -5.19. The molecule has 14 nitrogen and oxygen atoms in total. The van der Waals surface area contributed by atoms with E-state index >= 15 is 0 Å². The number of fused-ring (bicyclic) bond motifs is 2. The Kier molecular flexibility index (Phi) is 12.9. The highest BCUT2D eigenvalue weighted by atomic mass is 35.5. The maximum absolute atomic E-state index is 11.7. The van der Waals surface area contributed by atoms with Gasteiger partial charge in [0.15, 0.2) is 21.3 Å². The molecule has 4 heterocycles. The van der Waals surface area contributed by atoms with Crippen LogP contribution in [-0.2, 0) is 9.47 Å². The summed E-state index contributed by atoms with van der Waals surface area (Å²) in [5.41, 5.74) is 12.4. The van der Waals surface area contributed by atoms with Crippen molar-refractivity contribution in [3.8, 4) is 0 Å². The predicted octanol–water partition coefficient (Wildman–Crippen LogP) is 6.14. The number of esters is 2. The summed E-state index contributed by atoms with van der Waals surface area (Å²) in [6.45, 7) is 3.82. The van der Waals surface area contributed by atoms with E-state index in [9.17, 15) is 9.59 Å². The first-order chi connectivity index (χ1) is 23.6. The van der Waals surface area contributed by atoms with Gasteiger partial charge in [0.25, 0.3) is 0 Å². The molecule has 0 aliphatic carbocycles. The van der Waals surface area contributed by atoms with Crippen molar-refractivity contribution >= 4 is 86.3 Å². The third kappa shape index (κ3) is 9.46. The standard InChI is InChI=1S/C16H15N5O2S.C9H11NO2.C7H5ClN4S/c1-9-4-5-10(15(22)23-2)6-11(9)20-14-13-12(18-8-19-14)7-17-16(21-13)24-3;1-6-3-4-7(5-8(6)10)9(11)12-2;1-13-7-9-2-4-5(12-7)6(8)11-3-10-4/h4-8H,1-3H3,(H,18,19,20);3-5H,10H2,1-2H3;2-3H,1H3. The van der Waals surface area contributed by atoms with Gasteiger partial charge in [-0.1, -0.05) is 47.3 Å². The molecule has 0 saturated heterocycles. The number of anilines is 3. The molecule has 0 spiro atoms. The fourth-order valence-corrected chi connectivity index (χ4v) is 4.81. The first-order valence-corrected chi connectivity index (χ1v) is 17.0. The van der Waals surface area contributed by atoms with E-state index in [0.717, 1.165) is 16.8 Å². The van der Waals surface area contributed by atoms with Gasteiger partial charge >= 0.3 is 11.9 Å². The normalized spacial score (nSPS) is 10.3. The number of rotatable bonds is 6. The molecule has 0 saturated carbocycles. The van der Waals surface area contributed by atoms with E-state index in [2.05, 4.69) is 49.9 Å². The molecule has 49 heavy (non-hydrogen) atoms. The minimum atomic E-state index is -0.391. The summed E-state index contributed by atoms with van der Waals surface area (Å²) in [4.78, 5) is 55.9. The van der Waals surface area contributed by atoms with E-state index in [1.54, 1.807) is 42.7 Å². The summed E-state index contributed by atoms with van der Waals surface area (Å²) in [7, 11) is 2.70. The van der Waals surface area contributed by atoms with Crippen LogP contribution in [0.15, 0.2) is 71.8 Å². The molecule has 0 fully saturated rings. The molecule has 2 aromatic carbocycles. The molecule has 3 N–H and O–H groups in total. The van der Waals surface area contributed by atoms with Gasteiger partial charge < -0.3 is 20.5 Å². The molecule has 0 radical (unpaired) electrons. The number of nitrogens with zero attached hydrogens (tertiary/aromatic N) is 8. The molecule has 0 bridgehead atoms. The Balaban J connectivity index is 0.000000182. The lowest BCUT2D eigenvalue weighted by molar-refractivity contribution is 0.0592. The van der Waals surface area contributed by atoms with Crippen LogP contribution in [0.1, 0.15) is 31.8 Å². The van der Waals surface area contributed by atoms with Gasteiger partial charge in [0.05, 0.1) is 37.7 Å². The Morgan fingerprint density at radius 1 is 0.735 bits per heavy atom.